The summed E-state index contributed by atoms with van der Waals surface area (Å²) in [5.74, 6) is 1.96. The Kier molecular flexibility index (Phi) is 4.88. The predicted molar refractivity (Wildman–Crippen MR) is 104 cm³/mol. The highest BCUT2D eigenvalue weighted by Crippen LogP contribution is 2.29. The maximum Gasteiger partial charge on any atom is 0.249 e. The standard InChI is InChI=1S/C19H18N6OS/c1-12(2)15(18-22-16(24-26-18)14-9-6-10-20-11-14)21-19-23-17(25-27-19)13-7-4-3-5-8-13/h3-12,15H,1-2H3,(H,21,23,25). The molecule has 0 saturated heterocycles. The lowest BCUT2D eigenvalue weighted by Crippen LogP contribution is -2.17. The molecule has 1 atom stereocenters. The van der Waals surface area contributed by atoms with E-state index in [2.05, 4.69) is 43.6 Å². The molecule has 0 radical (unpaired) electrons. The maximum absolute atomic E-state index is 5.51. The highest BCUT2D eigenvalue weighted by molar-refractivity contribution is 7.09. The van der Waals surface area contributed by atoms with Crippen molar-refractivity contribution in [2.75, 3.05) is 5.32 Å². The van der Waals surface area contributed by atoms with Crippen LogP contribution in [0.1, 0.15) is 25.8 Å². The zero-order chi connectivity index (χ0) is 18.6. The Bertz CT molecular complexity index is 999. The summed E-state index contributed by atoms with van der Waals surface area (Å²) in [5.41, 5.74) is 1.80. The zero-order valence-corrected chi connectivity index (χ0v) is 15.7. The molecule has 7 nitrogen and oxygen atoms in total. The lowest BCUT2D eigenvalue weighted by molar-refractivity contribution is 0.336. The number of anilines is 1. The number of hydrogen-bond acceptors (Lipinski definition) is 8. The van der Waals surface area contributed by atoms with Crippen molar-refractivity contribution < 1.29 is 4.52 Å². The molecule has 0 amide bonds. The van der Waals surface area contributed by atoms with Gasteiger partial charge in [-0.3, -0.25) is 4.98 Å². The minimum atomic E-state index is -0.167. The average molecular weight is 378 g/mol. The van der Waals surface area contributed by atoms with Crippen LogP contribution in [0.2, 0.25) is 0 Å². The van der Waals surface area contributed by atoms with E-state index in [-0.39, 0.29) is 12.0 Å². The van der Waals surface area contributed by atoms with Crippen LogP contribution < -0.4 is 5.32 Å². The molecular formula is C19H18N6OS. The van der Waals surface area contributed by atoms with E-state index in [1.807, 2.05) is 42.5 Å². The van der Waals surface area contributed by atoms with Crippen LogP contribution in [-0.4, -0.2) is 24.5 Å². The maximum atomic E-state index is 5.51. The highest BCUT2D eigenvalue weighted by Gasteiger charge is 2.24. The molecule has 0 aliphatic heterocycles. The molecule has 3 aromatic heterocycles. The lowest BCUT2D eigenvalue weighted by Gasteiger charge is -2.17. The van der Waals surface area contributed by atoms with Crippen LogP contribution >= 0.6 is 11.5 Å². The van der Waals surface area contributed by atoms with Crippen LogP contribution in [0.3, 0.4) is 0 Å². The molecule has 136 valence electrons. The van der Waals surface area contributed by atoms with Gasteiger partial charge in [0.05, 0.1) is 0 Å². The number of hydrogen-bond donors (Lipinski definition) is 1. The molecule has 3 heterocycles. The first-order valence-electron chi connectivity index (χ1n) is 8.60. The number of pyridine rings is 1. The van der Waals surface area contributed by atoms with Crippen LogP contribution in [0.25, 0.3) is 22.8 Å². The van der Waals surface area contributed by atoms with E-state index in [9.17, 15) is 0 Å². The Hall–Kier alpha value is -3.13. The van der Waals surface area contributed by atoms with E-state index in [0.717, 1.165) is 11.1 Å². The third-order valence-electron chi connectivity index (χ3n) is 4.03. The molecule has 0 fully saturated rings. The fraction of sp³-hybridized carbons (Fsp3) is 0.211. The molecule has 1 N–H and O–H groups in total. The van der Waals surface area contributed by atoms with E-state index in [1.54, 1.807) is 12.4 Å². The number of aromatic nitrogens is 5. The third kappa shape index (κ3) is 3.85. The van der Waals surface area contributed by atoms with Crippen molar-refractivity contribution in [3.05, 3.63) is 60.7 Å². The van der Waals surface area contributed by atoms with Crippen molar-refractivity contribution >= 4 is 16.7 Å². The molecule has 0 aliphatic carbocycles. The Balaban J connectivity index is 1.56. The van der Waals surface area contributed by atoms with Crippen LogP contribution in [-0.2, 0) is 0 Å². The smallest absolute Gasteiger partial charge is 0.249 e. The van der Waals surface area contributed by atoms with Gasteiger partial charge >= 0.3 is 0 Å². The molecule has 4 aromatic rings. The van der Waals surface area contributed by atoms with Gasteiger partial charge in [-0.1, -0.05) is 49.3 Å². The Morgan fingerprint density at radius 2 is 1.78 bits per heavy atom. The molecule has 0 saturated carbocycles. The van der Waals surface area contributed by atoms with Gasteiger partial charge in [-0.25, -0.2) is 0 Å². The Morgan fingerprint density at radius 3 is 2.52 bits per heavy atom. The van der Waals surface area contributed by atoms with Crippen LogP contribution in [0.4, 0.5) is 5.13 Å². The summed E-state index contributed by atoms with van der Waals surface area (Å²) in [6.45, 7) is 4.18. The second-order valence-electron chi connectivity index (χ2n) is 6.35. The predicted octanol–water partition coefficient (Wildman–Crippen LogP) is 4.46. The number of benzene rings is 1. The number of nitrogens with zero attached hydrogens (tertiary/aromatic N) is 5. The van der Waals surface area contributed by atoms with Gasteiger partial charge in [0.25, 0.3) is 0 Å². The van der Waals surface area contributed by atoms with Gasteiger partial charge in [0.15, 0.2) is 5.82 Å². The quantitative estimate of drug-likeness (QED) is 0.530. The molecule has 8 heteroatoms. The van der Waals surface area contributed by atoms with Crippen molar-refractivity contribution in [1.82, 2.24) is 24.5 Å². The average Bonchev–Trinajstić information content (AvgIpc) is 3.37. The summed E-state index contributed by atoms with van der Waals surface area (Å²) >= 11 is 1.32. The molecule has 4 rings (SSSR count). The number of nitrogens with one attached hydrogen (secondary N) is 1. The van der Waals surface area contributed by atoms with Gasteiger partial charge in [-0.15, -0.1) is 0 Å². The minimum absolute atomic E-state index is 0.167. The lowest BCUT2D eigenvalue weighted by atomic mass is 10.0. The van der Waals surface area contributed by atoms with Crippen molar-refractivity contribution in [1.29, 1.82) is 0 Å². The van der Waals surface area contributed by atoms with E-state index in [0.29, 0.717) is 22.7 Å². The summed E-state index contributed by atoms with van der Waals surface area (Å²) in [6, 6.07) is 13.5. The highest BCUT2D eigenvalue weighted by atomic mass is 32.1. The summed E-state index contributed by atoms with van der Waals surface area (Å²) in [5, 5.41) is 8.18. The van der Waals surface area contributed by atoms with E-state index in [1.165, 1.54) is 11.5 Å². The van der Waals surface area contributed by atoms with E-state index < -0.39 is 0 Å². The summed E-state index contributed by atoms with van der Waals surface area (Å²) in [6.07, 6.45) is 3.42. The van der Waals surface area contributed by atoms with Crippen molar-refractivity contribution in [2.24, 2.45) is 5.92 Å². The first-order valence-corrected chi connectivity index (χ1v) is 9.37. The van der Waals surface area contributed by atoms with Gasteiger partial charge in [-0.2, -0.15) is 14.3 Å². The van der Waals surface area contributed by atoms with E-state index >= 15 is 0 Å². The van der Waals surface area contributed by atoms with Gasteiger partial charge < -0.3 is 9.84 Å². The van der Waals surface area contributed by atoms with Crippen LogP contribution in [0, 0.1) is 5.92 Å². The third-order valence-corrected chi connectivity index (χ3v) is 4.68. The van der Waals surface area contributed by atoms with Crippen LogP contribution in [0.5, 0.6) is 0 Å². The summed E-state index contributed by atoms with van der Waals surface area (Å²) in [7, 11) is 0. The first kappa shape index (κ1) is 17.3. The molecule has 0 aliphatic rings. The Labute approximate surface area is 160 Å². The van der Waals surface area contributed by atoms with Gasteiger partial charge in [0.1, 0.15) is 6.04 Å². The SMILES string of the molecule is CC(C)C(Nc1nc(-c2ccccc2)ns1)c1nc(-c2cccnc2)no1. The fourth-order valence-corrected chi connectivity index (χ4v) is 3.23. The first-order chi connectivity index (χ1) is 13.2. The van der Waals surface area contributed by atoms with Gasteiger partial charge in [0, 0.05) is 35.1 Å². The molecule has 1 unspecified atom stereocenters. The van der Waals surface area contributed by atoms with Crippen LogP contribution in [0.15, 0.2) is 59.4 Å². The van der Waals surface area contributed by atoms with Crippen molar-refractivity contribution in [2.45, 2.75) is 19.9 Å². The molecule has 0 spiro atoms. The van der Waals surface area contributed by atoms with Gasteiger partial charge in [-0.05, 0) is 18.1 Å². The fourth-order valence-electron chi connectivity index (χ4n) is 2.61. The van der Waals surface area contributed by atoms with Gasteiger partial charge in [0.2, 0.25) is 16.8 Å². The molecular weight excluding hydrogens is 360 g/mol. The Morgan fingerprint density at radius 1 is 0.963 bits per heavy atom. The topological polar surface area (TPSA) is 89.6 Å². The zero-order valence-electron chi connectivity index (χ0n) is 14.9. The number of rotatable bonds is 6. The molecule has 1 aromatic carbocycles. The summed E-state index contributed by atoms with van der Waals surface area (Å²) in [4.78, 5) is 13.2. The second-order valence-corrected chi connectivity index (χ2v) is 7.10. The summed E-state index contributed by atoms with van der Waals surface area (Å²) < 4.78 is 9.95. The molecule has 0 bridgehead atoms. The second kappa shape index (κ2) is 7.63. The van der Waals surface area contributed by atoms with Crippen molar-refractivity contribution in [3.8, 4) is 22.8 Å². The minimum Gasteiger partial charge on any atom is -0.348 e. The largest absolute Gasteiger partial charge is 0.348 e. The normalized spacial score (nSPS) is 12.3. The van der Waals surface area contributed by atoms with Crippen molar-refractivity contribution in [3.63, 3.8) is 0 Å². The molecule has 27 heavy (non-hydrogen) atoms. The monoisotopic (exact) mass is 378 g/mol. The van der Waals surface area contributed by atoms with E-state index in [4.69, 9.17) is 4.52 Å².